The Kier molecular flexibility index (Phi) is 6.76. The molecule has 1 aliphatic rings. The molecule has 0 saturated heterocycles. The van der Waals surface area contributed by atoms with Crippen molar-refractivity contribution in [2.45, 2.75) is 13.0 Å². The first-order valence-corrected chi connectivity index (χ1v) is 12.1. The van der Waals surface area contributed by atoms with E-state index >= 15 is 0 Å². The van der Waals surface area contributed by atoms with Crippen LogP contribution in [0.1, 0.15) is 29.1 Å². The molecule has 39 heavy (non-hydrogen) atoms. The third kappa shape index (κ3) is 4.68. The number of furan rings is 1. The van der Waals surface area contributed by atoms with Gasteiger partial charge in [0.05, 0.1) is 25.8 Å². The van der Waals surface area contributed by atoms with Gasteiger partial charge in [-0.2, -0.15) is 0 Å². The number of Topliss-reactive ketones (excluding diaryl/α,β-unsaturated/α-hetero) is 1. The van der Waals surface area contributed by atoms with Crippen LogP contribution in [0.4, 0.5) is 5.69 Å². The molecule has 0 spiro atoms. The molecule has 1 unspecified atom stereocenters. The number of carbonyl (C=O) groups is 3. The van der Waals surface area contributed by atoms with Crippen LogP contribution in [0.5, 0.6) is 17.2 Å². The third-order valence-electron chi connectivity index (χ3n) is 6.21. The molecule has 10 heteroatoms. The number of fused-ring (bicyclic) bond motifs is 1. The fourth-order valence-corrected chi connectivity index (χ4v) is 4.79. The summed E-state index contributed by atoms with van der Waals surface area (Å²) in [5.41, 5.74) is 0.850. The van der Waals surface area contributed by atoms with Gasteiger partial charge >= 0.3 is 5.97 Å². The number of amides is 1. The van der Waals surface area contributed by atoms with Gasteiger partial charge in [-0.25, -0.2) is 0 Å². The van der Waals surface area contributed by atoms with Crippen LogP contribution in [0, 0.1) is 0 Å². The van der Waals surface area contributed by atoms with E-state index < -0.39 is 29.5 Å². The van der Waals surface area contributed by atoms with Gasteiger partial charge in [-0.1, -0.05) is 29.8 Å². The van der Waals surface area contributed by atoms with Gasteiger partial charge in [0.25, 0.3) is 5.91 Å². The predicted molar refractivity (Wildman–Crippen MR) is 143 cm³/mol. The fraction of sp³-hybridized carbons (Fsp3) is 0.138. The summed E-state index contributed by atoms with van der Waals surface area (Å²) in [6, 6.07) is 16.5. The summed E-state index contributed by atoms with van der Waals surface area (Å²) in [5.74, 6) is -1.93. The number of aliphatic hydroxyl groups excluding tert-OH is 1. The van der Waals surface area contributed by atoms with Crippen LogP contribution in [-0.2, 0) is 9.59 Å². The second-order valence-corrected chi connectivity index (χ2v) is 9.11. The van der Waals surface area contributed by atoms with Crippen LogP contribution >= 0.6 is 11.6 Å². The van der Waals surface area contributed by atoms with Gasteiger partial charge in [0.1, 0.15) is 11.5 Å². The lowest BCUT2D eigenvalue weighted by molar-refractivity contribution is -0.131. The molecule has 0 fully saturated rings. The highest BCUT2D eigenvalue weighted by atomic mass is 35.5. The van der Waals surface area contributed by atoms with Crippen molar-refractivity contribution in [2.75, 3.05) is 19.1 Å². The Morgan fingerprint density at radius 1 is 0.974 bits per heavy atom. The number of rotatable bonds is 7. The molecular formula is C29H22ClNO8. The van der Waals surface area contributed by atoms with E-state index in [0.717, 1.165) is 0 Å². The van der Waals surface area contributed by atoms with Gasteiger partial charge in [-0.3, -0.25) is 19.3 Å². The van der Waals surface area contributed by atoms with E-state index in [1.807, 2.05) is 0 Å². The van der Waals surface area contributed by atoms with Crippen molar-refractivity contribution in [1.29, 1.82) is 0 Å². The average Bonchev–Trinajstić information content (AvgIpc) is 3.46. The highest BCUT2D eigenvalue weighted by Crippen LogP contribution is 2.44. The Bertz CT molecular complexity index is 1670. The van der Waals surface area contributed by atoms with E-state index in [1.54, 1.807) is 54.6 Å². The van der Waals surface area contributed by atoms with E-state index in [0.29, 0.717) is 33.2 Å². The summed E-state index contributed by atoms with van der Waals surface area (Å²) in [5, 5.41) is 12.0. The normalized spacial score (nSPS) is 15.1. The predicted octanol–water partition coefficient (Wildman–Crippen LogP) is 5.81. The number of carbonyl (C=O) groups excluding carboxylic acids is 3. The summed E-state index contributed by atoms with van der Waals surface area (Å²) in [7, 11) is 2.93. The molecule has 5 rings (SSSR count). The van der Waals surface area contributed by atoms with Crippen molar-refractivity contribution in [1.82, 2.24) is 0 Å². The van der Waals surface area contributed by atoms with Crippen molar-refractivity contribution in [3.05, 3.63) is 94.4 Å². The minimum atomic E-state index is -1.09. The largest absolute Gasteiger partial charge is 0.503 e. The zero-order chi connectivity index (χ0) is 27.8. The molecule has 0 saturated carbocycles. The van der Waals surface area contributed by atoms with Gasteiger partial charge < -0.3 is 23.7 Å². The topological polar surface area (TPSA) is 116 Å². The van der Waals surface area contributed by atoms with E-state index in [-0.39, 0.29) is 22.7 Å². The van der Waals surface area contributed by atoms with Gasteiger partial charge in [0.15, 0.2) is 22.9 Å². The molecule has 4 aromatic rings. The Balaban J connectivity index is 1.67. The first kappa shape index (κ1) is 25.9. The standard InChI is InChI=1S/C29H22ClNO8/c1-15(32)38-21-9-4-6-16(11-21)25-24(27(34)29(35)31(25)19-7-5-8-20(14-19)36-2)26(33)22-12-17-10-18(30)13-23(37-3)28(17)39-22/h4-14,25,34H,1-3H3. The van der Waals surface area contributed by atoms with Gasteiger partial charge in [0, 0.05) is 35.2 Å². The molecule has 1 N–H and O–H groups in total. The van der Waals surface area contributed by atoms with Crippen LogP contribution < -0.4 is 19.1 Å². The van der Waals surface area contributed by atoms with Gasteiger partial charge in [-0.15, -0.1) is 0 Å². The second-order valence-electron chi connectivity index (χ2n) is 8.67. The van der Waals surface area contributed by atoms with E-state index in [9.17, 15) is 19.5 Å². The number of benzene rings is 3. The lowest BCUT2D eigenvalue weighted by Crippen LogP contribution is -2.31. The minimum Gasteiger partial charge on any atom is -0.503 e. The molecule has 0 radical (unpaired) electrons. The van der Waals surface area contributed by atoms with E-state index in [2.05, 4.69) is 0 Å². The zero-order valence-electron chi connectivity index (χ0n) is 21.1. The SMILES string of the molecule is COc1cccc(N2C(=O)C(O)=C(C(=O)c3cc4cc(Cl)cc(OC)c4o3)C2c2cccc(OC(C)=O)c2)c1. The molecular weight excluding hydrogens is 526 g/mol. The van der Waals surface area contributed by atoms with Gasteiger partial charge in [-0.05, 0) is 42.0 Å². The maximum Gasteiger partial charge on any atom is 0.308 e. The number of hydrogen-bond donors (Lipinski definition) is 1. The number of hydrogen-bond acceptors (Lipinski definition) is 8. The lowest BCUT2D eigenvalue weighted by Gasteiger charge is -2.27. The molecule has 0 bridgehead atoms. The fourth-order valence-electron chi connectivity index (χ4n) is 4.58. The molecule has 1 aromatic heterocycles. The number of nitrogens with zero attached hydrogens (tertiary/aromatic N) is 1. The van der Waals surface area contributed by atoms with Crippen molar-refractivity contribution >= 4 is 45.9 Å². The second kappa shape index (κ2) is 10.2. The van der Waals surface area contributed by atoms with Crippen LogP contribution in [0.2, 0.25) is 5.02 Å². The monoisotopic (exact) mass is 547 g/mol. The summed E-state index contributed by atoms with van der Waals surface area (Å²) in [4.78, 5) is 40.3. The third-order valence-corrected chi connectivity index (χ3v) is 6.43. The van der Waals surface area contributed by atoms with Gasteiger partial charge in [0.2, 0.25) is 5.78 Å². The van der Waals surface area contributed by atoms with Crippen molar-refractivity contribution in [3.63, 3.8) is 0 Å². The molecule has 3 aromatic carbocycles. The quantitative estimate of drug-likeness (QED) is 0.175. The Hall–Kier alpha value is -4.76. The van der Waals surface area contributed by atoms with Crippen molar-refractivity contribution in [3.8, 4) is 17.2 Å². The summed E-state index contributed by atoms with van der Waals surface area (Å²) in [6.45, 7) is 1.26. The Morgan fingerprint density at radius 2 is 1.72 bits per heavy atom. The van der Waals surface area contributed by atoms with Crippen molar-refractivity contribution < 1.29 is 38.1 Å². The van der Waals surface area contributed by atoms with Crippen LogP contribution in [0.25, 0.3) is 11.0 Å². The lowest BCUT2D eigenvalue weighted by atomic mass is 9.94. The molecule has 1 aliphatic heterocycles. The van der Waals surface area contributed by atoms with Crippen molar-refractivity contribution in [2.24, 2.45) is 0 Å². The van der Waals surface area contributed by atoms with Crippen LogP contribution in [0.3, 0.4) is 0 Å². The Labute approximate surface area is 227 Å². The number of methoxy groups -OCH3 is 2. The first-order valence-electron chi connectivity index (χ1n) is 11.7. The Morgan fingerprint density at radius 3 is 2.44 bits per heavy atom. The molecule has 1 amide bonds. The van der Waals surface area contributed by atoms with E-state index in [1.165, 1.54) is 38.2 Å². The highest BCUT2D eigenvalue weighted by Gasteiger charge is 2.45. The van der Waals surface area contributed by atoms with Crippen LogP contribution in [-0.4, -0.2) is 37.0 Å². The summed E-state index contributed by atoms with van der Waals surface area (Å²) >= 11 is 6.17. The number of anilines is 1. The molecule has 0 aliphatic carbocycles. The van der Waals surface area contributed by atoms with E-state index in [4.69, 9.17) is 30.2 Å². The zero-order valence-corrected chi connectivity index (χ0v) is 21.8. The number of ketones is 1. The molecule has 9 nitrogen and oxygen atoms in total. The smallest absolute Gasteiger partial charge is 0.308 e. The number of aliphatic hydroxyl groups is 1. The number of ether oxygens (including phenoxy) is 3. The highest BCUT2D eigenvalue weighted by molar-refractivity contribution is 6.31. The average molecular weight is 548 g/mol. The molecule has 198 valence electrons. The van der Waals surface area contributed by atoms with Crippen LogP contribution in [0.15, 0.2) is 82.5 Å². The maximum atomic E-state index is 13.9. The molecule has 1 atom stereocenters. The summed E-state index contributed by atoms with van der Waals surface area (Å²) < 4.78 is 21.7. The number of halogens is 1. The maximum absolute atomic E-state index is 13.9. The molecule has 2 heterocycles. The first-order chi connectivity index (χ1) is 18.7. The summed E-state index contributed by atoms with van der Waals surface area (Å²) in [6.07, 6.45) is 0. The number of esters is 1. The minimum absolute atomic E-state index is 0.131.